The molecule has 1 aromatic carbocycles. The van der Waals surface area contributed by atoms with Gasteiger partial charge < -0.3 is 24.5 Å². The van der Waals surface area contributed by atoms with Crippen LogP contribution in [0.25, 0.3) is 0 Å². The number of aromatic carboxylic acids is 1. The number of aliphatic carboxylic acids is 1. The monoisotopic (exact) mass is 212 g/mol. The maximum absolute atomic E-state index is 12.7. The van der Waals surface area contributed by atoms with Crippen LogP contribution >= 0.6 is 0 Å². The Kier molecular flexibility index (Phi) is 3.22. The Labute approximate surface area is 83.7 Å². The van der Waals surface area contributed by atoms with E-state index in [9.17, 15) is 24.2 Å². The van der Waals surface area contributed by atoms with Crippen LogP contribution < -0.4 is 14.9 Å². The van der Waals surface area contributed by atoms with Crippen molar-refractivity contribution in [2.75, 3.05) is 6.61 Å². The summed E-state index contributed by atoms with van der Waals surface area (Å²) in [4.78, 5) is 20.5. The minimum Gasteiger partial charge on any atom is -0.546 e. The molecule has 5 nitrogen and oxygen atoms in total. The molecule has 0 aliphatic heterocycles. The van der Waals surface area contributed by atoms with E-state index in [4.69, 9.17) is 0 Å². The Bertz CT molecular complexity index is 401. The predicted molar refractivity (Wildman–Crippen MR) is 41.2 cm³/mol. The Hall–Kier alpha value is -2.11. The number of carboxylic acid groups (broad SMARTS) is 2. The van der Waals surface area contributed by atoms with Gasteiger partial charge in [0.25, 0.3) is 0 Å². The summed E-state index contributed by atoms with van der Waals surface area (Å²) in [6.45, 7) is -0.857. The first kappa shape index (κ1) is 11.0. The van der Waals surface area contributed by atoms with E-state index in [1.807, 2.05) is 0 Å². The van der Waals surface area contributed by atoms with Crippen molar-refractivity contribution in [1.82, 2.24) is 0 Å². The van der Waals surface area contributed by atoms with Gasteiger partial charge in [-0.25, -0.2) is 4.39 Å². The minimum absolute atomic E-state index is 0.404. The first-order valence-corrected chi connectivity index (χ1v) is 3.84. The zero-order valence-corrected chi connectivity index (χ0v) is 7.36. The van der Waals surface area contributed by atoms with Crippen LogP contribution in [0.1, 0.15) is 10.4 Å². The minimum atomic E-state index is -1.58. The summed E-state index contributed by atoms with van der Waals surface area (Å²) in [5.41, 5.74) is -0.419. The molecule has 6 heteroatoms. The SMILES string of the molecule is O=C([O-])COc1cc(F)ccc1C(=O)[O-]. The highest BCUT2D eigenvalue weighted by atomic mass is 19.1. The van der Waals surface area contributed by atoms with E-state index >= 15 is 0 Å². The maximum Gasteiger partial charge on any atom is 0.131 e. The molecule has 0 saturated heterocycles. The topological polar surface area (TPSA) is 89.5 Å². The molecule has 0 amide bonds. The van der Waals surface area contributed by atoms with Gasteiger partial charge in [0.2, 0.25) is 0 Å². The van der Waals surface area contributed by atoms with Crippen LogP contribution in [0, 0.1) is 5.82 Å². The van der Waals surface area contributed by atoms with Crippen molar-refractivity contribution in [3.05, 3.63) is 29.6 Å². The number of benzene rings is 1. The lowest BCUT2D eigenvalue weighted by atomic mass is 10.2. The van der Waals surface area contributed by atoms with Crippen LogP contribution in [-0.2, 0) is 4.79 Å². The molecule has 80 valence electrons. The fourth-order valence-electron chi connectivity index (χ4n) is 0.921. The molecule has 0 aliphatic rings. The van der Waals surface area contributed by atoms with Gasteiger partial charge in [-0.3, -0.25) is 0 Å². The standard InChI is InChI=1S/C9H7FO5/c10-5-1-2-6(9(13)14)7(3-5)15-4-8(11)12/h1-3H,4H2,(H,11,12)(H,13,14)/p-2. The van der Waals surface area contributed by atoms with Crippen molar-refractivity contribution >= 4 is 11.9 Å². The van der Waals surface area contributed by atoms with Crippen molar-refractivity contribution in [3.8, 4) is 5.75 Å². The molecule has 0 fully saturated rings. The molecule has 0 aliphatic carbocycles. The van der Waals surface area contributed by atoms with Crippen molar-refractivity contribution in [2.45, 2.75) is 0 Å². The molecule has 15 heavy (non-hydrogen) atoms. The lowest BCUT2D eigenvalue weighted by Gasteiger charge is -2.12. The van der Waals surface area contributed by atoms with Gasteiger partial charge >= 0.3 is 0 Å². The second-order valence-electron chi connectivity index (χ2n) is 2.59. The van der Waals surface area contributed by atoms with Gasteiger partial charge in [0.1, 0.15) is 18.2 Å². The van der Waals surface area contributed by atoms with Crippen molar-refractivity contribution in [2.24, 2.45) is 0 Å². The van der Waals surface area contributed by atoms with Crippen LogP contribution in [0.5, 0.6) is 5.75 Å². The quantitative estimate of drug-likeness (QED) is 0.594. The number of ether oxygens (including phenoxy) is 1. The van der Waals surface area contributed by atoms with Gasteiger partial charge in [-0.15, -0.1) is 0 Å². The Morgan fingerprint density at radius 3 is 2.53 bits per heavy atom. The number of rotatable bonds is 4. The predicted octanol–water partition coefficient (Wildman–Crippen LogP) is -1.68. The third-order valence-electron chi connectivity index (χ3n) is 1.51. The number of halogens is 1. The third kappa shape index (κ3) is 2.94. The molecule has 1 rings (SSSR count). The Morgan fingerprint density at radius 2 is 2.00 bits per heavy atom. The molecule has 0 N–H and O–H groups in total. The fourth-order valence-corrected chi connectivity index (χ4v) is 0.921. The molecule has 0 radical (unpaired) electrons. The van der Waals surface area contributed by atoms with E-state index in [2.05, 4.69) is 4.74 Å². The van der Waals surface area contributed by atoms with E-state index in [-0.39, 0.29) is 0 Å². The normalized spacial score (nSPS) is 9.67. The van der Waals surface area contributed by atoms with Gasteiger partial charge in [-0.05, 0) is 12.1 Å². The summed E-state index contributed by atoms with van der Waals surface area (Å²) in [6.07, 6.45) is 0. The molecule has 1 aromatic rings. The summed E-state index contributed by atoms with van der Waals surface area (Å²) in [6, 6.07) is 2.58. The van der Waals surface area contributed by atoms with Crippen molar-refractivity contribution in [1.29, 1.82) is 0 Å². The third-order valence-corrected chi connectivity index (χ3v) is 1.51. The maximum atomic E-state index is 12.7. The average Bonchev–Trinajstić information content (AvgIpc) is 2.14. The first-order chi connectivity index (χ1) is 7.00. The van der Waals surface area contributed by atoms with Crippen molar-refractivity contribution in [3.63, 3.8) is 0 Å². The Morgan fingerprint density at radius 1 is 1.33 bits per heavy atom. The van der Waals surface area contributed by atoms with Gasteiger partial charge in [-0.2, -0.15) is 0 Å². The summed E-state index contributed by atoms with van der Waals surface area (Å²) in [5.74, 6) is -4.26. The average molecular weight is 212 g/mol. The van der Waals surface area contributed by atoms with E-state index in [1.54, 1.807) is 0 Å². The lowest BCUT2D eigenvalue weighted by Crippen LogP contribution is -2.30. The summed E-state index contributed by atoms with van der Waals surface area (Å²) in [7, 11) is 0. The highest BCUT2D eigenvalue weighted by Gasteiger charge is 2.06. The van der Waals surface area contributed by atoms with Crippen LogP contribution in [-0.4, -0.2) is 18.5 Å². The highest BCUT2D eigenvalue weighted by molar-refractivity contribution is 5.89. The van der Waals surface area contributed by atoms with Gasteiger partial charge in [0.15, 0.2) is 0 Å². The lowest BCUT2D eigenvalue weighted by molar-refractivity contribution is -0.307. The smallest absolute Gasteiger partial charge is 0.131 e. The summed E-state index contributed by atoms with van der Waals surface area (Å²) in [5, 5.41) is 20.5. The molecular weight excluding hydrogens is 207 g/mol. The van der Waals surface area contributed by atoms with E-state index < -0.39 is 35.7 Å². The molecule has 0 heterocycles. The molecule has 0 atom stereocenters. The van der Waals surface area contributed by atoms with Crippen molar-refractivity contribution < 1.29 is 28.9 Å². The van der Waals surface area contributed by atoms with Crippen LogP contribution in [0.3, 0.4) is 0 Å². The Balaban J connectivity index is 2.96. The number of carbonyl (C=O) groups is 2. The molecule has 0 bridgehead atoms. The second-order valence-corrected chi connectivity index (χ2v) is 2.59. The summed E-state index contributed by atoms with van der Waals surface area (Å²) >= 11 is 0. The van der Waals surface area contributed by atoms with Crippen LogP contribution in [0.4, 0.5) is 4.39 Å². The highest BCUT2D eigenvalue weighted by Crippen LogP contribution is 2.19. The second kappa shape index (κ2) is 4.41. The largest absolute Gasteiger partial charge is 0.546 e. The fraction of sp³-hybridized carbons (Fsp3) is 0.111. The first-order valence-electron chi connectivity index (χ1n) is 3.84. The van der Waals surface area contributed by atoms with Gasteiger partial charge in [0, 0.05) is 11.6 Å². The van der Waals surface area contributed by atoms with E-state index in [0.29, 0.717) is 0 Å². The number of hydrogen-bond donors (Lipinski definition) is 0. The zero-order valence-electron chi connectivity index (χ0n) is 7.36. The van der Waals surface area contributed by atoms with Gasteiger partial charge in [-0.1, -0.05) is 0 Å². The molecule has 0 aromatic heterocycles. The van der Waals surface area contributed by atoms with Crippen LogP contribution in [0.2, 0.25) is 0 Å². The molecule has 0 unspecified atom stereocenters. The number of carbonyl (C=O) groups excluding carboxylic acids is 2. The van der Waals surface area contributed by atoms with Gasteiger partial charge in [0.05, 0.1) is 11.9 Å². The van der Waals surface area contributed by atoms with E-state index in [1.165, 1.54) is 0 Å². The number of carboxylic acids is 2. The summed E-state index contributed by atoms with van der Waals surface area (Å²) < 4.78 is 17.2. The molecular formula is C9H5FO5-2. The molecule has 0 spiro atoms. The zero-order chi connectivity index (χ0) is 11.4. The molecule has 0 saturated carbocycles. The number of hydrogen-bond acceptors (Lipinski definition) is 5. The van der Waals surface area contributed by atoms with Crippen LogP contribution in [0.15, 0.2) is 18.2 Å². The van der Waals surface area contributed by atoms with E-state index in [0.717, 1.165) is 18.2 Å².